The zero-order valence-corrected chi connectivity index (χ0v) is 13.1. The van der Waals surface area contributed by atoms with Gasteiger partial charge in [-0.3, -0.25) is 15.1 Å². The lowest BCUT2D eigenvalue weighted by atomic mass is 10.2. The highest BCUT2D eigenvalue weighted by atomic mass is 19.1. The van der Waals surface area contributed by atoms with Crippen molar-refractivity contribution in [3.8, 4) is 5.88 Å². The molecule has 0 saturated carbocycles. The van der Waals surface area contributed by atoms with Gasteiger partial charge in [-0.1, -0.05) is 0 Å². The van der Waals surface area contributed by atoms with Gasteiger partial charge in [-0.2, -0.15) is 4.98 Å². The first-order valence-electron chi connectivity index (χ1n) is 7.38. The number of methoxy groups -OCH3 is 1. The second-order valence-electron chi connectivity index (χ2n) is 5.29. The average Bonchev–Trinajstić information content (AvgIpc) is 2.62. The maximum Gasteiger partial charge on any atom is 0.272 e. The molecule has 0 amide bonds. The first kappa shape index (κ1) is 15.9. The van der Waals surface area contributed by atoms with Crippen LogP contribution >= 0.6 is 0 Å². The molecule has 1 aliphatic rings. The van der Waals surface area contributed by atoms with Gasteiger partial charge in [0.25, 0.3) is 5.69 Å². The largest absolute Gasteiger partial charge is 0.480 e. The summed E-state index contributed by atoms with van der Waals surface area (Å²) in [4.78, 5) is 22.4. The lowest BCUT2D eigenvalue weighted by Crippen LogP contribution is -2.47. The number of benzene rings is 1. The first-order chi connectivity index (χ1) is 11.6. The van der Waals surface area contributed by atoms with E-state index in [1.54, 1.807) is 6.20 Å². The van der Waals surface area contributed by atoms with Crippen LogP contribution in [0, 0.1) is 15.9 Å². The fourth-order valence-electron chi connectivity index (χ4n) is 2.63. The molecule has 0 spiro atoms. The molecule has 3 rings (SSSR count). The van der Waals surface area contributed by atoms with Gasteiger partial charge in [-0.15, -0.1) is 0 Å². The van der Waals surface area contributed by atoms with Crippen LogP contribution < -0.4 is 14.5 Å². The Labute approximate surface area is 137 Å². The van der Waals surface area contributed by atoms with E-state index in [1.807, 2.05) is 9.80 Å². The van der Waals surface area contributed by atoms with Gasteiger partial charge in [0, 0.05) is 32.2 Å². The van der Waals surface area contributed by atoms with Gasteiger partial charge >= 0.3 is 0 Å². The second kappa shape index (κ2) is 6.65. The highest BCUT2D eigenvalue weighted by molar-refractivity contribution is 5.54. The van der Waals surface area contributed by atoms with Crippen LogP contribution in [0.1, 0.15) is 0 Å². The molecule has 1 aliphatic heterocycles. The molecule has 126 valence electrons. The molecular weight excluding hydrogens is 317 g/mol. The van der Waals surface area contributed by atoms with Crippen LogP contribution in [0.3, 0.4) is 0 Å². The number of nitro groups is 1. The molecule has 0 radical (unpaired) electrons. The van der Waals surface area contributed by atoms with Crippen molar-refractivity contribution in [1.82, 2.24) is 9.97 Å². The van der Waals surface area contributed by atoms with E-state index in [2.05, 4.69) is 9.97 Å². The van der Waals surface area contributed by atoms with E-state index in [4.69, 9.17) is 4.74 Å². The standard InChI is InChI=1S/C15H16FN5O3/c1-24-15-10-17-9-14(18-15)20-6-4-19(5-7-20)13-3-2-11(21(22)23)8-12(13)16/h2-3,8-10H,4-7H2,1H3. The number of halogens is 1. The molecule has 0 atom stereocenters. The summed E-state index contributed by atoms with van der Waals surface area (Å²) < 4.78 is 19.2. The Morgan fingerprint density at radius 2 is 1.92 bits per heavy atom. The summed E-state index contributed by atoms with van der Waals surface area (Å²) in [5.41, 5.74) is 0.124. The number of rotatable bonds is 4. The molecule has 1 aromatic heterocycles. The molecule has 2 heterocycles. The van der Waals surface area contributed by atoms with Crippen molar-refractivity contribution in [2.75, 3.05) is 43.1 Å². The van der Waals surface area contributed by atoms with Crippen molar-refractivity contribution in [2.24, 2.45) is 0 Å². The lowest BCUT2D eigenvalue weighted by molar-refractivity contribution is -0.385. The Balaban J connectivity index is 1.69. The Kier molecular flexibility index (Phi) is 4.41. The third kappa shape index (κ3) is 3.19. The predicted molar refractivity (Wildman–Crippen MR) is 86.1 cm³/mol. The van der Waals surface area contributed by atoms with Crippen molar-refractivity contribution >= 4 is 17.2 Å². The Morgan fingerprint density at radius 1 is 1.21 bits per heavy atom. The maximum absolute atomic E-state index is 14.1. The molecule has 2 aromatic rings. The van der Waals surface area contributed by atoms with Crippen LogP contribution in [0.25, 0.3) is 0 Å². The van der Waals surface area contributed by atoms with E-state index in [-0.39, 0.29) is 5.69 Å². The number of non-ortho nitro benzene ring substituents is 1. The van der Waals surface area contributed by atoms with Gasteiger partial charge in [0.1, 0.15) is 0 Å². The number of piperazine rings is 1. The number of anilines is 2. The van der Waals surface area contributed by atoms with E-state index in [0.29, 0.717) is 43.6 Å². The quantitative estimate of drug-likeness (QED) is 0.623. The van der Waals surface area contributed by atoms with Crippen LogP contribution in [0.15, 0.2) is 30.6 Å². The minimum atomic E-state index is -0.605. The number of aromatic nitrogens is 2. The maximum atomic E-state index is 14.1. The van der Waals surface area contributed by atoms with Gasteiger partial charge in [-0.05, 0) is 6.07 Å². The van der Waals surface area contributed by atoms with Crippen molar-refractivity contribution < 1.29 is 14.1 Å². The molecule has 9 heteroatoms. The Bertz CT molecular complexity index is 750. The first-order valence-corrected chi connectivity index (χ1v) is 7.38. The molecule has 0 bridgehead atoms. The summed E-state index contributed by atoms with van der Waals surface area (Å²) in [6.45, 7) is 2.43. The van der Waals surface area contributed by atoms with Crippen molar-refractivity contribution in [1.29, 1.82) is 0 Å². The summed E-state index contributed by atoms with van der Waals surface area (Å²) in [6, 6.07) is 3.72. The van der Waals surface area contributed by atoms with Gasteiger partial charge in [0.05, 0.1) is 36.2 Å². The molecule has 0 aliphatic carbocycles. The monoisotopic (exact) mass is 333 g/mol. The summed E-state index contributed by atoms with van der Waals surface area (Å²) in [5.74, 6) is 0.563. The van der Waals surface area contributed by atoms with Gasteiger partial charge in [0.15, 0.2) is 11.6 Å². The molecule has 24 heavy (non-hydrogen) atoms. The highest BCUT2D eigenvalue weighted by Crippen LogP contribution is 2.26. The number of nitrogens with zero attached hydrogens (tertiary/aromatic N) is 5. The zero-order chi connectivity index (χ0) is 17.1. The number of ether oxygens (including phenoxy) is 1. The van der Waals surface area contributed by atoms with Gasteiger partial charge in [-0.25, -0.2) is 4.39 Å². The minimum Gasteiger partial charge on any atom is -0.480 e. The van der Waals surface area contributed by atoms with Crippen LogP contribution in [-0.4, -0.2) is 48.2 Å². The molecule has 1 saturated heterocycles. The third-order valence-corrected chi connectivity index (χ3v) is 3.90. The van der Waals surface area contributed by atoms with Crippen LogP contribution in [-0.2, 0) is 0 Å². The molecule has 0 unspecified atom stereocenters. The molecule has 8 nitrogen and oxygen atoms in total. The predicted octanol–water partition coefficient (Wildman–Crippen LogP) is 1.86. The third-order valence-electron chi connectivity index (χ3n) is 3.90. The number of nitro benzene ring substituents is 1. The fourth-order valence-corrected chi connectivity index (χ4v) is 2.63. The topological polar surface area (TPSA) is 84.6 Å². The van der Waals surface area contributed by atoms with Crippen molar-refractivity contribution in [3.05, 3.63) is 46.5 Å². The Morgan fingerprint density at radius 3 is 2.54 bits per heavy atom. The molecule has 1 fully saturated rings. The summed E-state index contributed by atoms with van der Waals surface area (Å²) in [6.07, 6.45) is 3.19. The zero-order valence-electron chi connectivity index (χ0n) is 13.1. The van der Waals surface area contributed by atoms with E-state index in [0.717, 1.165) is 6.07 Å². The lowest BCUT2D eigenvalue weighted by Gasteiger charge is -2.36. The van der Waals surface area contributed by atoms with Gasteiger partial charge in [0.2, 0.25) is 5.88 Å². The normalized spacial score (nSPS) is 14.6. The van der Waals surface area contributed by atoms with Gasteiger partial charge < -0.3 is 14.5 Å². The van der Waals surface area contributed by atoms with E-state index in [9.17, 15) is 14.5 Å². The van der Waals surface area contributed by atoms with Crippen LogP contribution in [0.2, 0.25) is 0 Å². The molecule has 0 N–H and O–H groups in total. The van der Waals surface area contributed by atoms with E-state index >= 15 is 0 Å². The van der Waals surface area contributed by atoms with Crippen molar-refractivity contribution in [3.63, 3.8) is 0 Å². The van der Waals surface area contributed by atoms with Crippen molar-refractivity contribution in [2.45, 2.75) is 0 Å². The summed E-state index contributed by atoms with van der Waals surface area (Å²) >= 11 is 0. The number of hydrogen-bond donors (Lipinski definition) is 0. The highest BCUT2D eigenvalue weighted by Gasteiger charge is 2.22. The smallest absolute Gasteiger partial charge is 0.272 e. The van der Waals surface area contributed by atoms with E-state index in [1.165, 1.54) is 25.4 Å². The SMILES string of the molecule is COc1cncc(N2CCN(c3ccc([N+](=O)[O-])cc3F)CC2)n1. The van der Waals surface area contributed by atoms with E-state index < -0.39 is 10.7 Å². The molecular formula is C15H16FN5O3. The summed E-state index contributed by atoms with van der Waals surface area (Å²) in [7, 11) is 1.53. The number of hydrogen-bond acceptors (Lipinski definition) is 7. The second-order valence-corrected chi connectivity index (χ2v) is 5.29. The fraction of sp³-hybridized carbons (Fsp3) is 0.333. The average molecular weight is 333 g/mol. The Hall–Kier alpha value is -2.97. The van der Waals surface area contributed by atoms with Crippen LogP contribution in [0.4, 0.5) is 21.6 Å². The molecule has 1 aromatic carbocycles. The summed E-state index contributed by atoms with van der Waals surface area (Å²) in [5, 5.41) is 10.7. The minimum absolute atomic E-state index is 0.249. The van der Waals surface area contributed by atoms with Crippen LogP contribution in [0.5, 0.6) is 5.88 Å².